The number of nitrogens with two attached hydrogens (primary N) is 1. The van der Waals surface area contributed by atoms with Crippen molar-refractivity contribution in [3.8, 4) is 11.1 Å². The lowest BCUT2D eigenvalue weighted by molar-refractivity contribution is -0.123. The Hall–Kier alpha value is -1.89. The third-order valence-electron chi connectivity index (χ3n) is 3.17. The molecule has 0 fully saturated rings. The molecule has 1 heterocycles. The molecule has 1 aromatic carbocycles. The number of methoxy groups -OCH3 is 1. The maximum absolute atomic E-state index is 11.8. The van der Waals surface area contributed by atoms with Gasteiger partial charge in [0.25, 0.3) is 0 Å². The average molecular weight is 325 g/mol. The van der Waals surface area contributed by atoms with Crippen LogP contribution in [0.25, 0.3) is 11.1 Å². The average Bonchev–Trinajstić information content (AvgIpc) is 2.91. The summed E-state index contributed by atoms with van der Waals surface area (Å²) in [6.45, 7) is 0.622. The molecule has 0 radical (unpaired) electrons. The molecule has 3 N–H and O–H groups in total. The third kappa shape index (κ3) is 4.56. The van der Waals surface area contributed by atoms with Crippen LogP contribution in [0.15, 0.2) is 36.7 Å². The van der Waals surface area contributed by atoms with E-state index in [1.165, 1.54) is 7.11 Å². The number of amides is 1. The maximum atomic E-state index is 11.8. The first-order chi connectivity index (χ1) is 10.1. The molecule has 0 aliphatic heterocycles. The number of halogens is 1. The number of hydrogen-bond donors (Lipinski definition) is 2. The molecule has 0 aliphatic carbocycles. The molecule has 0 aliphatic rings. The number of aryl methyl sites for hydroxylation is 1. The second-order valence-corrected chi connectivity index (χ2v) is 4.84. The number of benzene rings is 1. The molecule has 0 spiro atoms. The molecule has 22 heavy (non-hydrogen) atoms. The first-order valence-corrected chi connectivity index (χ1v) is 6.71. The Balaban J connectivity index is 0.00000242. The van der Waals surface area contributed by atoms with Crippen LogP contribution in [0, 0.1) is 0 Å². The summed E-state index contributed by atoms with van der Waals surface area (Å²) in [4.78, 5) is 11.8. The van der Waals surface area contributed by atoms with Gasteiger partial charge in [-0.25, -0.2) is 0 Å². The van der Waals surface area contributed by atoms with Crippen molar-refractivity contribution in [3.63, 3.8) is 0 Å². The molecule has 1 atom stereocenters. The molecule has 7 heteroatoms. The van der Waals surface area contributed by atoms with Crippen LogP contribution in [-0.4, -0.2) is 35.4 Å². The van der Waals surface area contributed by atoms with Crippen LogP contribution in [0.4, 0.5) is 0 Å². The lowest BCUT2D eigenvalue weighted by Gasteiger charge is -2.13. The van der Waals surface area contributed by atoms with Gasteiger partial charge in [-0.2, -0.15) is 5.10 Å². The first-order valence-electron chi connectivity index (χ1n) is 6.71. The summed E-state index contributed by atoms with van der Waals surface area (Å²) < 4.78 is 6.62. The highest BCUT2D eigenvalue weighted by Gasteiger charge is 2.13. The van der Waals surface area contributed by atoms with E-state index in [9.17, 15) is 4.79 Å². The topological polar surface area (TPSA) is 82.2 Å². The van der Waals surface area contributed by atoms with Gasteiger partial charge in [-0.15, -0.1) is 12.4 Å². The molecule has 1 unspecified atom stereocenters. The number of rotatable bonds is 6. The molecular weight excluding hydrogens is 304 g/mol. The minimum Gasteiger partial charge on any atom is -0.383 e. The second-order valence-electron chi connectivity index (χ2n) is 4.84. The van der Waals surface area contributed by atoms with E-state index < -0.39 is 6.04 Å². The zero-order valence-electron chi connectivity index (χ0n) is 12.7. The normalized spacial score (nSPS) is 11.6. The van der Waals surface area contributed by atoms with Crippen molar-refractivity contribution in [2.75, 3.05) is 13.7 Å². The Morgan fingerprint density at radius 2 is 2.18 bits per heavy atom. The van der Waals surface area contributed by atoms with Crippen molar-refractivity contribution in [1.82, 2.24) is 15.1 Å². The molecule has 0 bridgehead atoms. The number of aromatic nitrogens is 2. The Labute approximate surface area is 136 Å². The van der Waals surface area contributed by atoms with Gasteiger partial charge in [0.1, 0.15) is 6.04 Å². The lowest BCUT2D eigenvalue weighted by atomic mass is 10.0. The summed E-state index contributed by atoms with van der Waals surface area (Å²) in [5, 5.41) is 7.00. The van der Waals surface area contributed by atoms with Crippen molar-refractivity contribution in [2.45, 2.75) is 12.6 Å². The van der Waals surface area contributed by atoms with Gasteiger partial charge >= 0.3 is 0 Å². The molecule has 120 valence electrons. The Kier molecular flexibility index (Phi) is 7.04. The highest BCUT2D eigenvalue weighted by molar-refractivity contribution is 5.85. The van der Waals surface area contributed by atoms with Crippen molar-refractivity contribution in [2.24, 2.45) is 12.8 Å². The predicted molar refractivity (Wildman–Crippen MR) is 87.6 cm³/mol. The fraction of sp³-hybridized carbons (Fsp3) is 0.333. The Bertz CT molecular complexity index is 615. The van der Waals surface area contributed by atoms with Gasteiger partial charge < -0.3 is 15.8 Å². The highest BCUT2D eigenvalue weighted by atomic mass is 35.5. The minimum atomic E-state index is -0.652. The van der Waals surface area contributed by atoms with Crippen LogP contribution in [0.3, 0.4) is 0 Å². The van der Waals surface area contributed by atoms with E-state index in [0.29, 0.717) is 6.54 Å². The molecule has 1 amide bonds. The van der Waals surface area contributed by atoms with Gasteiger partial charge in [-0.05, 0) is 11.1 Å². The summed E-state index contributed by atoms with van der Waals surface area (Å²) in [5.41, 5.74) is 8.78. The SMILES string of the molecule is COCC(N)C(=O)NCc1ccccc1-c1cnn(C)c1.Cl. The van der Waals surface area contributed by atoms with Crippen molar-refractivity contribution in [1.29, 1.82) is 0 Å². The maximum Gasteiger partial charge on any atom is 0.239 e. The van der Waals surface area contributed by atoms with Crippen LogP contribution in [-0.2, 0) is 23.1 Å². The van der Waals surface area contributed by atoms with Crippen LogP contribution in [0.1, 0.15) is 5.56 Å². The second kappa shape index (κ2) is 8.53. The molecule has 0 saturated carbocycles. The summed E-state index contributed by atoms with van der Waals surface area (Å²) in [6.07, 6.45) is 3.74. The van der Waals surface area contributed by atoms with E-state index in [2.05, 4.69) is 10.4 Å². The van der Waals surface area contributed by atoms with E-state index in [0.717, 1.165) is 16.7 Å². The minimum absolute atomic E-state index is 0. The molecule has 0 saturated heterocycles. The number of hydrogen-bond acceptors (Lipinski definition) is 4. The number of nitrogens with one attached hydrogen (secondary N) is 1. The van der Waals surface area contributed by atoms with Gasteiger partial charge in [-0.1, -0.05) is 24.3 Å². The number of nitrogens with zero attached hydrogens (tertiary/aromatic N) is 2. The summed E-state index contributed by atoms with van der Waals surface area (Å²) >= 11 is 0. The van der Waals surface area contributed by atoms with Gasteiger partial charge in [0.15, 0.2) is 0 Å². The quantitative estimate of drug-likeness (QED) is 0.833. The zero-order chi connectivity index (χ0) is 15.2. The van der Waals surface area contributed by atoms with Gasteiger partial charge in [0.2, 0.25) is 5.91 Å². The monoisotopic (exact) mass is 324 g/mol. The molecular formula is C15H21ClN4O2. The van der Waals surface area contributed by atoms with Gasteiger partial charge in [0, 0.05) is 32.5 Å². The molecule has 6 nitrogen and oxygen atoms in total. The molecule has 1 aromatic heterocycles. The van der Waals surface area contributed by atoms with Crippen LogP contribution < -0.4 is 11.1 Å². The summed E-state index contributed by atoms with van der Waals surface area (Å²) in [6, 6.07) is 7.24. The van der Waals surface area contributed by atoms with E-state index in [1.807, 2.05) is 37.5 Å². The zero-order valence-corrected chi connectivity index (χ0v) is 13.5. The fourth-order valence-corrected chi connectivity index (χ4v) is 2.09. The van der Waals surface area contributed by atoms with E-state index in [4.69, 9.17) is 10.5 Å². The van der Waals surface area contributed by atoms with Crippen molar-refractivity contribution >= 4 is 18.3 Å². The summed E-state index contributed by atoms with van der Waals surface area (Å²) in [7, 11) is 3.39. The number of ether oxygens (including phenoxy) is 1. The third-order valence-corrected chi connectivity index (χ3v) is 3.17. The Morgan fingerprint density at radius 1 is 1.45 bits per heavy atom. The summed E-state index contributed by atoms with van der Waals surface area (Å²) in [5.74, 6) is -0.224. The van der Waals surface area contributed by atoms with Crippen molar-refractivity contribution < 1.29 is 9.53 Å². The number of carbonyl (C=O) groups excluding carboxylic acids is 1. The first kappa shape index (κ1) is 18.2. The molecule has 2 rings (SSSR count). The van der Waals surface area contributed by atoms with Gasteiger partial charge in [0.05, 0.1) is 12.8 Å². The van der Waals surface area contributed by atoms with E-state index in [-0.39, 0.29) is 24.9 Å². The predicted octanol–water partition coefficient (Wildman–Crippen LogP) is 1.10. The number of carbonyl (C=O) groups is 1. The van der Waals surface area contributed by atoms with Gasteiger partial charge in [-0.3, -0.25) is 9.48 Å². The standard InChI is InChI=1S/C15H20N4O2.ClH/c1-19-9-12(8-18-19)13-6-4-3-5-11(13)7-17-15(20)14(16)10-21-2;/h3-6,8-9,14H,7,10,16H2,1-2H3,(H,17,20);1H. The smallest absolute Gasteiger partial charge is 0.239 e. The van der Waals surface area contributed by atoms with E-state index in [1.54, 1.807) is 10.9 Å². The highest BCUT2D eigenvalue weighted by Crippen LogP contribution is 2.22. The van der Waals surface area contributed by atoms with Crippen molar-refractivity contribution in [3.05, 3.63) is 42.2 Å². The molecule has 2 aromatic rings. The Morgan fingerprint density at radius 3 is 2.82 bits per heavy atom. The lowest BCUT2D eigenvalue weighted by Crippen LogP contribution is -2.43. The van der Waals surface area contributed by atoms with Crippen LogP contribution >= 0.6 is 12.4 Å². The van der Waals surface area contributed by atoms with E-state index >= 15 is 0 Å². The fourth-order valence-electron chi connectivity index (χ4n) is 2.09. The van der Waals surface area contributed by atoms with Crippen LogP contribution in [0.2, 0.25) is 0 Å². The van der Waals surface area contributed by atoms with Crippen LogP contribution in [0.5, 0.6) is 0 Å². The largest absolute Gasteiger partial charge is 0.383 e.